The molecule has 0 aliphatic rings. The molecule has 0 saturated carbocycles. The van der Waals surface area contributed by atoms with E-state index < -0.39 is 11.9 Å². The van der Waals surface area contributed by atoms with E-state index in [-0.39, 0.29) is 11.6 Å². The molecule has 2 rings (SSSR count). The maximum atomic E-state index is 12.9. The molecule has 0 spiro atoms. The van der Waals surface area contributed by atoms with Crippen molar-refractivity contribution in [1.82, 2.24) is 14.7 Å². The fourth-order valence-corrected chi connectivity index (χ4v) is 3.47. The Labute approximate surface area is 149 Å². The highest BCUT2D eigenvalue weighted by Crippen LogP contribution is 2.34. The predicted octanol–water partition coefficient (Wildman–Crippen LogP) is 4.82. The molecule has 0 N–H and O–H groups in total. The molecular formula is C17H22F3N3OS. The summed E-state index contributed by atoms with van der Waals surface area (Å²) in [4.78, 5) is 15.1. The van der Waals surface area contributed by atoms with Crippen molar-refractivity contribution in [1.29, 1.82) is 0 Å². The number of alkyl halides is 3. The van der Waals surface area contributed by atoms with E-state index in [9.17, 15) is 18.0 Å². The van der Waals surface area contributed by atoms with Crippen LogP contribution in [0, 0.1) is 0 Å². The molecule has 0 bridgehead atoms. The Kier molecular flexibility index (Phi) is 6.26. The molecule has 0 saturated heterocycles. The number of hydrogen-bond donors (Lipinski definition) is 0. The van der Waals surface area contributed by atoms with Crippen molar-refractivity contribution >= 4 is 17.2 Å². The van der Waals surface area contributed by atoms with Gasteiger partial charge < -0.3 is 4.90 Å². The van der Waals surface area contributed by atoms with Crippen LogP contribution in [0.5, 0.6) is 0 Å². The molecule has 0 radical (unpaired) electrons. The van der Waals surface area contributed by atoms with Gasteiger partial charge in [-0.3, -0.25) is 9.48 Å². The summed E-state index contributed by atoms with van der Waals surface area (Å²) >= 11 is 1.16. The van der Waals surface area contributed by atoms with Crippen molar-refractivity contribution in [2.24, 2.45) is 7.05 Å². The maximum Gasteiger partial charge on any atom is 0.433 e. The number of halogens is 3. The minimum atomic E-state index is -4.45. The molecule has 0 fully saturated rings. The Morgan fingerprint density at radius 2 is 2.00 bits per heavy atom. The van der Waals surface area contributed by atoms with Gasteiger partial charge in [0.1, 0.15) is 11.4 Å². The summed E-state index contributed by atoms with van der Waals surface area (Å²) in [5, 5.41) is 3.92. The van der Waals surface area contributed by atoms with Gasteiger partial charge in [-0.15, -0.1) is 11.3 Å². The number of rotatable bonds is 7. The number of carbonyl (C=O) groups excluding carboxylic acids is 1. The Morgan fingerprint density at radius 3 is 2.60 bits per heavy atom. The highest BCUT2D eigenvalue weighted by atomic mass is 32.1. The third-order valence-corrected chi connectivity index (χ3v) is 5.03. The van der Waals surface area contributed by atoms with Crippen LogP contribution in [0.1, 0.15) is 48.0 Å². The number of unbranched alkanes of at least 4 members (excludes halogenated alkanes) is 3. The number of nitrogens with zero attached hydrogens (tertiary/aromatic N) is 3. The van der Waals surface area contributed by atoms with E-state index in [2.05, 4.69) is 12.0 Å². The zero-order valence-corrected chi connectivity index (χ0v) is 15.4. The van der Waals surface area contributed by atoms with E-state index in [0.717, 1.165) is 47.8 Å². The number of hydrogen-bond acceptors (Lipinski definition) is 3. The van der Waals surface area contributed by atoms with Gasteiger partial charge in [0.2, 0.25) is 0 Å². The van der Waals surface area contributed by atoms with Gasteiger partial charge in [0.25, 0.3) is 5.91 Å². The Bertz CT molecular complexity index is 721. The monoisotopic (exact) mass is 373 g/mol. The maximum absolute atomic E-state index is 12.9. The molecule has 8 heteroatoms. The summed E-state index contributed by atoms with van der Waals surface area (Å²) in [5.74, 6) is -0.111. The first-order chi connectivity index (χ1) is 11.7. The first kappa shape index (κ1) is 19.5. The van der Waals surface area contributed by atoms with Crippen molar-refractivity contribution in [3.63, 3.8) is 0 Å². The lowest BCUT2D eigenvalue weighted by Gasteiger charge is -2.15. The predicted molar refractivity (Wildman–Crippen MR) is 92.6 cm³/mol. The molecule has 2 aromatic rings. The Balaban J connectivity index is 2.08. The van der Waals surface area contributed by atoms with Crippen molar-refractivity contribution in [2.45, 2.75) is 38.8 Å². The van der Waals surface area contributed by atoms with Crippen LogP contribution in [-0.2, 0) is 13.2 Å². The molecule has 4 nitrogen and oxygen atoms in total. The minimum absolute atomic E-state index is 0.111. The van der Waals surface area contributed by atoms with Gasteiger partial charge in [0, 0.05) is 20.6 Å². The van der Waals surface area contributed by atoms with E-state index in [1.54, 1.807) is 24.1 Å². The normalized spacial score (nSPS) is 11.8. The summed E-state index contributed by atoms with van der Waals surface area (Å²) in [7, 11) is 3.01. The first-order valence-corrected chi connectivity index (χ1v) is 9.02. The second-order valence-corrected chi connectivity index (χ2v) is 7.07. The van der Waals surface area contributed by atoms with Gasteiger partial charge in [-0.2, -0.15) is 18.3 Å². The number of carbonyl (C=O) groups is 1. The molecule has 2 heterocycles. The zero-order valence-electron chi connectivity index (χ0n) is 14.6. The van der Waals surface area contributed by atoms with E-state index in [4.69, 9.17) is 0 Å². The highest BCUT2D eigenvalue weighted by Gasteiger charge is 2.35. The first-order valence-electron chi connectivity index (χ1n) is 8.21. The SMILES string of the molecule is CCCCCCN(C)C(=O)c1ccc(-c2cc(C(F)(F)F)n(C)n2)s1. The van der Waals surface area contributed by atoms with Crippen molar-refractivity contribution < 1.29 is 18.0 Å². The number of amides is 1. The Morgan fingerprint density at radius 1 is 1.28 bits per heavy atom. The molecule has 0 aromatic carbocycles. The lowest BCUT2D eigenvalue weighted by Crippen LogP contribution is -2.26. The standard InChI is InChI=1S/C17H22F3N3OS/c1-4-5-6-7-10-22(2)16(24)14-9-8-13(25-14)12-11-15(17(18,19)20)23(3)21-12/h8-9,11H,4-7,10H2,1-3H3. The number of aryl methyl sites for hydroxylation is 1. The van der Waals surface area contributed by atoms with Gasteiger partial charge in [0.05, 0.1) is 9.75 Å². The average molecular weight is 373 g/mol. The average Bonchev–Trinajstić information content (AvgIpc) is 3.16. The molecule has 138 valence electrons. The van der Waals surface area contributed by atoms with Crippen LogP contribution in [0.15, 0.2) is 18.2 Å². The molecule has 0 unspecified atom stereocenters. The van der Waals surface area contributed by atoms with Crippen LogP contribution in [0.4, 0.5) is 13.2 Å². The van der Waals surface area contributed by atoms with E-state index >= 15 is 0 Å². The summed E-state index contributed by atoms with van der Waals surface area (Å²) in [6, 6.07) is 4.30. The highest BCUT2D eigenvalue weighted by molar-refractivity contribution is 7.17. The number of aromatic nitrogens is 2. The fourth-order valence-electron chi connectivity index (χ4n) is 2.51. The van der Waals surface area contributed by atoms with Crippen molar-refractivity contribution in [2.75, 3.05) is 13.6 Å². The molecule has 25 heavy (non-hydrogen) atoms. The van der Waals surface area contributed by atoms with E-state index in [0.29, 0.717) is 16.3 Å². The van der Waals surface area contributed by atoms with Gasteiger partial charge in [-0.1, -0.05) is 26.2 Å². The molecule has 2 aromatic heterocycles. The molecule has 1 amide bonds. The van der Waals surface area contributed by atoms with Gasteiger partial charge in [0.15, 0.2) is 0 Å². The van der Waals surface area contributed by atoms with Crippen LogP contribution in [0.25, 0.3) is 10.6 Å². The third kappa shape index (κ3) is 4.84. The largest absolute Gasteiger partial charge is 0.433 e. The lowest BCUT2D eigenvalue weighted by atomic mass is 10.2. The van der Waals surface area contributed by atoms with Crippen molar-refractivity contribution in [3.05, 3.63) is 28.8 Å². The smallest absolute Gasteiger partial charge is 0.341 e. The van der Waals surface area contributed by atoms with Crippen LogP contribution in [-0.4, -0.2) is 34.2 Å². The quantitative estimate of drug-likeness (QED) is 0.653. The topological polar surface area (TPSA) is 38.1 Å². The summed E-state index contributed by atoms with van der Waals surface area (Å²) < 4.78 is 39.4. The summed E-state index contributed by atoms with van der Waals surface area (Å²) in [6.45, 7) is 2.80. The lowest BCUT2D eigenvalue weighted by molar-refractivity contribution is -0.143. The van der Waals surface area contributed by atoms with Crippen LogP contribution >= 0.6 is 11.3 Å². The van der Waals surface area contributed by atoms with E-state index in [1.165, 1.54) is 7.05 Å². The van der Waals surface area contributed by atoms with Gasteiger partial charge >= 0.3 is 6.18 Å². The minimum Gasteiger partial charge on any atom is -0.341 e. The zero-order chi connectivity index (χ0) is 18.6. The molecular weight excluding hydrogens is 351 g/mol. The summed E-state index contributed by atoms with van der Waals surface area (Å²) in [5.41, 5.74) is -0.582. The van der Waals surface area contributed by atoms with Crippen LogP contribution < -0.4 is 0 Å². The molecule has 0 aliphatic heterocycles. The van der Waals surface area contributed by atoms with Gasteiger partial charge in [-0.25, -0.2) is 0 Å². The third-order valence-electron chi connectivity index (χ3n) is 3.93. The van der Waals surface area contributed by atoms with E-state index in [1.807, 2.05) is 0 Å². The van der Waals surface area contributed by atoms with Crippen LogP contribution in [0.2, 0.25) is 0 Å². The van der Waals surface area contributed by atoms with Crippen molar-refractivity contribution in [3.8, 4) is 10.6 Å². The van der Waals surface area contributed by atoms with Crippen LogP contribution in [0.3, 0.4) is 0 Å². The second kappa shape index (κ2) is 8.03. The molecule has 0 atom stereocenters. The fraction of sp³-hybridized carbons (Fsp3) is 0.529. The summed E-state index contributed by atoms with van der Waals surface area (Å²) in [6.07, 6.45) is -0.140. The Hall–Kier alpha value is -1.83. The number of thiophene rings is 1. The second-order valence-electron chi connectivity index (χ2n) is 5.99. The molecule has 0 aliphatic carbocycles. The van der Waals surface area contributed by atoms with Gasteiger partial charge in [-0.05, 0) is 24.6 Å².